The first-order chi connectivity index (χ1) is 5.61. The molecule has 0 aromatic rings. The molecule has 1 unspecified atom stereocenters. The molecular weight excluding hydrogens is 184 g/mol. The van der Waals surface area contributed by atoms with Crippen LogP contribution in [0.1, 0.15) is 6.42 Å². The molecule has 0 aliphatic carbocycles. The molecule has 12 heavy (non-hydrogen) atoms. The fraction of sp³-hybridized carbons (Fsp3) is 0.500. The molecule has 0 aromatic carbocycles. The molecule has 1 atom stereocenters. The Labute approximate surface area is 72.1 Å². The van der Waals surface area contributed by atoms with Gasteiger partial charge in [-0.05, 0) is 0 Å². The molecule has 1 rings (SSSR count). The van der Waals surface area contributed by atoms with Crippen molar-refractivity contribution in [3.63, 3.8) is 0 Å². The van der Waals surface area contributed by atoms with Crippen LogP contribution in [0.2, 0.25) is 0 Å². The third-order valence-corrected chi connectivity index (χ3v) is 2.40. The predicted molar refractivity (Wildman–Crippen MR) is 37.0 cm³/mol. The van der Waals surface area contributed by atoms with Crippen LogP contribution in [0.25, 0.3) is 0 Å². The predicted octanol–water partition coefficient (Wildman–Crippen LogP) is -1.69. The highest BCUT2D eigenvalue weighted by Crippen LogP contribution is 2.21. The summed E-state index contributed by atoms with van der Waals surface area (Å²) in [5.41, 5.74) is 0. The summed E-state index contributed by atoms with van der Waals surface area (Å²) in [5, 5.41) is 8.16. The van der Waals surface area contributed by atoms with Gasteiger partial charge in [0.15, 0.2) is 0 Å². The first kappa shape index (κ1) is 9.05. The molecule has 0 amide bonds. The minimum absolute atomic E-state index is 0.247. The normalized spacial score (nSPS) is 22.0. The summed E-state index contributed by atoms with van der Waals surface area (Å²) in [7, 11) is 0. The number of carbonyl (C=O) groups is 3. The zero-order chi connectivity index (χ0) is 9.14. The number of ether oxygens (including phenoxy) is 1. The highest BCUT2D eigenvalue weighted by Gasteiger charge is 2.29. The number of cyclic esters (lactones) is 1. The number of carbonyl (C=O) groups excluding carboxylic acids is 3. The Morgan fingerprint density at radius 3 is 2.67 bits per heavy atom. The number of esters is 1. The second kappa shape index (κ2) is 3.57. The number of hydrogen-bond acceptors (Lipinski definition) is 6. The van der Waals surface area contributed by atoms with Gasteiger partial charge in [-0.2, -0.15) is 0 Å². The summed E-state index contributed by atoms with van der Waals surface area (Å²) >= 11 is 0.448. The van der Waals surface area contributed by atoms with Crippen molar-refractivity contribution in [3.8, 4) is 0 Å². The third kappa shape index (κ3) is 1.97. The maximum absolute atomic E-state index is 10.7. The topological polar surface area (TPSA) is 83.5 Å². The standard InChI is InChI=1S/C6H6O5S/c7-4(8)6(10)12-3-1-2-11-5(3)9/h3H,1-2H2,(H,7,8)/p-1. The van der Waals surface area contributed by atoms with E-state index in [1.807, 2.05) is 0 Å². The molecular formula is C6H5O5S-. The van der Waals surface area contributed by atoms with Crippen LogP contribution in [-0.4, -0.2) is 28.9 Å². The molecule has 0 N–H and O–H groups in total. The lowest BCUT2D eigenvalue weighted by Crippen LogP contribution is -2.31. The van der Waals surface area contributed by atoms with Gasteiger partial charge in [-0.25, -0.2) is 0 Å². The largest absolute Gasteiger partial charge is 0.541 e. The van der Waals surface area contributed by atoms with Crippen molar-refractivity contribution >= 4 is 28.8 Å². The Bertz CT molecular complexity index is 236. The van der Waals surface area contributed by atoms with Crippen LogP contribution in [-0.2, 0) is 19.1 Å². The maximum atomic E-state index is 10.7. The quantitative estimate of drug-likeness (QED) is 0.361. The number of thioether (sulfide) groups is 1. The van der Waals surface area contributed by atoms with Crippen molar-refractivity contribution in [1.82, 2.24) is 0 Å². The number of aliphatic carboxylic acids is 1. The Kier molecular flexibility index (Phi) is 2.69. The number of carboxylic acid groups (broad SMARTS) is 1. The first-order valence-corrected chi connectivity index (χ1v) is 4.08. The first-order valence-electron chi connectivity index (χ1n) is 3.20. The number of carboxylic acids is 1. The lowest BCUT2D eigenvalue weighted by molar-refractivity contribution is -0.298. The van der Waals surface area contributed by atoms with Gasteiger partial charge in [-0.15, -0.1) is 0 Å². The van der Waals surface area contributed by atoms with Crippen LogP contribution in [0.3, 0.4) is 0 Å². The zero-order valence-corrected chi connectivity index (χ0v) is 6.76. The van der Waals surface area contributed by atoms with Crippen molar-refractivity contribution in [2.45, 2.75) is 11.7 Å². The molecule has 5 nitrogen and oxygen atoms in total. The monoisotopic (exact) mass is 189 g/mol. The lowest BCUT2D eigenvalue weighted by atomic mass is 10.4. The molecule has 0 spiro atoms. The number of hydrogen-bond donors (Lipinski definition) is 0. The third-order valence-electron chi connectivity index (χ3n) is 1.30. The Morgan fingerprint density at radius 1 is 1.58 bits per heavy atom. The number of rotatable bonds is 1. The van der Waals surface area contributed by atoms with Crippen LogP contribution >= 0.6 is 11.8 Å². The van der Waals surface area contributed by atoms with E-state index in [1.54, 1.807) is 0 Å². The van der Waals surface area contributed by atoms with Gasteiger partial charge in [0.05, 0.1) is 6.61 Å². The molecule has 1 heterocycles. The average molecular weight is 189 g/mol. The fourth-order valence-corrected chi connectivity index (χ4v) is 1.49. The summed E-state index contributed by atoms with van der Waals surface area (Å²) in [4.78, 5) is 31.2. The van der Waals surface area contributed by atoms with Crippen molar-refractivity contribution < 1.29 is 24.2 Å². The van der Waals surface area contributed by atoms with Gasteiger partial charge < -0.3 is 14.6 Å². The van der Waals surface area contributed by atoms with Crippen molar-refractivity contribution in [3.05, 3.63) is 0 Å². The molecule has 1 aliphatic heterocycles. The molecule has 66 valence electrons. The Hall–Kier alpha value is -1.04. The summed E-state index contributed by atoms with van der Waals surface area (Å²) in [6, 6.07) is 0. The molecule has 1 fully saturated rings. The molecule has 0 saturated carbocycles. The Balaban J connectivity index is 2.46. The second-order valence-electron chi connectivity index (χ2n) is 2.14. The molecule has 0 aromatic heterocycles. The van der Waals surface area contributed by atoms with E-state index < -0.39 is 22.3 Å². The molecule has 0 radical (unpaired) electrons. The van der Waals surface area contributed by atoms with Crippen LogP contribution in [0.15, 0.2) is 0 Å². The van der Waals surface area contributed by atoms with Crippen molar-refractivity contribution in [2.24, 2.45) is 0 Å². The summed E-state index contributed by atoms with van der Waals surface area (Å²) < 4.78 is 4.52. The van der Waals surface area contributed by atoms with E-state index in [1.165, 1.54) is 0 Å². The van der Waals surface area contributed by atoms with Crippen LogP contribution in [0.5, 0.6) is 0 Å². The van der Waals surface area contributed by atoms with Crippen LogP contribution < -0.4 is 5.11 Å². The SMILES string of the molecule is O=C([O-])C(=O)SC1CCOC1=O. The van der Waals surface area contributed by atoms with Gasteiger partial charge in [0.1, 0.15) is 11.2 Å². The van der Waals surface area contributed by atoms with E-state index in [2.05, 4.69) is 4.74 Å². The fourth-order valence-electron chi connectivity index (χ4n) is 0.762. The van der Waals surface area contributed by atoms with E-state index in [0.717, 1.165) is 0 Å². The molecule has 1 saturated heterocycles. The molecule has 1 aliphatic rings. The highest BCUT2D eigenvalue weighted by molar-refractivity contribution is 8.16. The minimum atomic E-state index is -1.78. The van der Waals surface area contributed by atoms with E-state index in [-0.39, 0.29) is 6.61 Å². The Morgan fingerprint density at radius 2 is 2.25 bits per heavy atom. The van der Waals surface area contributed by atoms with Crippen LogP contribution in [0, 0.1) is 0 Å². The van der Waals surface area contributed by atoms with E-state index >= 15 is 0 Å². The summed E-state index contributed by atoms with van der Waals surface area (Å²) in [6.45, 7) is 0.247. The van der Waals surface area contributed by atoms with Crippen LogP contribution in [0.4, 0.5) is 0 Å². The van der Waals surface area contributed by atoms with E-state index in [0.29, 0.717) is 18.2 Å². The average Bonchev–Trinajstić information content (AvgIpc) is 2.36. The van der Waals surface area contributed by atoms with Gasteiger partial charge in [0.2, 0.25) is 5.12 Å². The molecule has 0 bridgehead atoms. The zero-order valence-electron chi connectivity index (χ0n) is 5.94. The van der Waals surface area contributed by atoms with Gasteiger partial charge >= 0.3 is 5.97 Å². The van der Waals surface area contributed by atoms with E-state index in [9.17, 15) is 19.5 Å². The minimum Gasteiger partial charge on any atom is -0.541 e. The van der Waals surface area contributed by atoms with E-state index in [4.69, 9.17) is 0 Å². The second-order valence-corrected chi connectivity index (χ2v) is 3.31. The lowest BCUT2D eigenvalue weighted by Gasteiger charge is -2.03. The van der Waals surface area contributed by atoms with Gasteiger partial charge in [-0.1, -0.05) is 11.8 Å². The van der Waals surface area contributed by atoms with Crippen molar-refractivity contribution in [1.29, 1.82) is 0 Å². The maximum Gasteiger partial charge on any atom is 0.319 e. The van der Waals surface area contributed by atoms with Gasteiger partial charge in [0, 0.05) is 6.42 Å². The summed E-state index contributed by atoms with van der Waals surface area (Å²) in [6.07, 6.45) is 0.377. The summed E-state index contributed by atoms with van der Waals surface area (Å²) in [5.74, 6) is -2.31. The van der Waals surface area contributed by atoms with Gasteiger partial charge in [-0.3, -0.25) is 9.59 Å². The van der Waals surface area contributed by atoms with Crippen molar-refractivity contribution in [2.75, 3.05) is 6.61 Å². The van der Waals surface area contributed by atoms with Gasteiger partial charge in [0.25, 0.3) is 0 Å². The smallest absolute Gasteiger partial charge is 0.319 e. The molecule has 6 heteroatoms. The highest BCUT2D eigenvalue weighted by atomic mass is 32.2.